The maximum absolute atomic E-state index is 9.12. The lowest BCUT2D eigenvalue weighted by Gasteiger charge is -2.16. The van der Waals surface area contributed by atoms with Crippen molar-refractivity contribution in [3.63, 3.8) is 0 Å². The van der Waals surface area contributed by atoms with Crippen molar-refractivity contribution < 1.29 is 4.74 Å². The van der Waals surface area contributed by atoms with E-state index in [-0.39, 0.29) is 0 Å². The highest BCUT2D eigenvalue weighted by atomic mass is 28.3. The molecule has 0 amide bonds. The normalized spacial score (nSPS) is 11.4. The third-order valence-electron chi connectivity index (χ3n) is 3.74. The van der Waals surface area contributed by atoms with E-state index >= 15 is 0 Å². The van der Waals surface area contributed by atoms with Crippen LogP contribution in [-0.4, -0.2) is 24.2 Å². The molecule has 122 valence electrons. The van der Waals surface area contributed by atoms with Crippen LogP contribution in [0.5, 0.6) is 0 Å². The van der Waals surface area contributed by atoms with E-state index in [0.29, 0.717) is 12.4 Å². The first-order valence-electron chi connectivity index (χ1n) is 8.07. The molecule has 0 N–H and O–H groups in total. The Labute approximate surface area is 139 Å². The molecule has 0 unspecified atom stereocenters. The minimum Gasteiger partial charge on any atom is -0.361 e. The number of aryl methyl sites for hydroxylation is 1. The summed E-state index contributed by atoms with van der Waals surface area (Å²) in [5.74, 6) is 0.789. The quantitative estimate of drug-likeness (QED) is 0.563. The molecule has 0 radical (unpaired) electrons. The fourth-order valence-electron chi connectivity index (χ4n) is 2.23. The van der Waals surface area contributed by atoms with Gasteiger partial charge in [0.15, 0.2) is 5.69 Å². The summed E-state index contributed by atoms with van der Waals surface area (Å²) in [4.78, 5) is 4.41. The van der Waals surface area contributed by atoms with Gasteiger partial charge in [-0.3, -0.25) is 0 Å². The second-order valence-corrected chi connectivity index (χ2v) is 12.6. The summed E-state index contributed by atoms with van der Waals surface area (Å²) >= 11 is 0. The van der Waals surface area contributed by atoms with Gasteiger partial charge in [-0.25, -0.2) is 4.98 Å². The van der Waals surface area contributed by atoms with E-state index in [2.05, 4.69) is 61.9 Å². The van der Waals surface area contributed by atoms with E-state index in [0.717, 1.165) is 30.5 Å². The number of ether oxygens (including phenoxy) is 1. The van der Waals surface area contributed by atoms with Gasteiger partial charge in [-0.2, -0.15) is 5.26 Å². The van der Waals surface area contributed by atoms with Gasteiger partial charge in [-0.05, 0) is 18.0 Å². The Morgan fingerprint density at radius 1 is 1.22 bits per heavy atom. The second kappa shape index (κ2) is 7.58. The molecule has 0 atom stereocenters. The summed E-state index contributed by atoms with van der Waals surface area (Å²) in [6, 6.07) is 11.6. The Morgan fingerprint density at radius 3 is 2.48 bits per heavy atom. The predicted octanol–water partition coefficient (Wildman–Crippen LogP) is 4.30. The predicted molar refractivity (Wildman–Crippen MR) is 95.9 cm³/mol. The summed E-state index contributed by atoms with van der Waals surface area (Å²) in [5.41, 5.74) is 2.73. The van der Waals surface area contributed by atoms with Crippen molar-refractivity contribution in [3.05, 3.63) is 41.7 Å². The molecular formula is C18H25N3OSi. The summed E-state index contributed by atoms with van der Waals surface area (Å²) in [7, 11) is -1.09. The Morgan fingerprint density at radius 2 is 1.91 bits per heavy atom. The van der Waals surface area contributed by atoms with Crippen LogP contribution in [0.3, 0.4) is 0 Å². The van der Waals surface area contributed by atoms with Gasteiger partial charge in [0, 0.05) is 26.4 Å². The molecule has 0 saturated carbocycles. The number of hydrogen-bond acceptors (Lipinski definition) is 3. The topological polar surface area (TPSA) is 50.8 Å². The van der Waals surface area contributed by atoms with Gasteiger partial charge in [0.1, 0.15) is 18.6 Å². The van der Waals surface area contributed by atoms with E-state index in [9.17, 15) is 0 Å². The highest BCUT2D eigenvalue weighted by Crippen LogP contribution is 2.20. The van der Waals surface area contributed by atoms with Crippen LogP contribution in [0, 0.1) is 11.3 Å². The minimum absolute atomic E-state index is 0.424. The van der Waals surface area contributed by atoms with Gasteiger partial charge >= 0.3 is 0 Å². The Bertz CT molecular complexity index is 678. The maximum Gasteiger partial charge on any atom is 0.159 e. The number of hydrogen-bond donors (Lipinski definition) is 0. The largest absolute Gasteiger partial charge is 0.361 e. The summed E-state index contributed by atoms with van der Waals surface area (Å²) in [5, 5.41) is 9.12. The number of imidazole rings is 1. The van der Waals surface area contributed by atoms with Crippen molar-refractivity contribution in [2.45, 2.75) is 45.8 Å². The van der Waals surface area contributed by atoms with Crippen LogP contribution >= 0.6 is 0 Å². The highest BCUT2D eigenvalue weighted by molar-refractivity contribution is 6.76. The number of rotatable bonds is 7. The Hall–Kier alpha value is -1.90. The average Bonchev–Trinajstić information content (AvgIpc) is 2.94. The first-order valence-corrected chi connectivity index (χ1v) is 11.8. The minimum atomic E-state index is -1.09. The summed E-state index contributed by atoms with van der Waals surface area (Å²) in [6.07, 6.45) is 2.77. The van der Waals surface area contributed by atoms with Gasteiger partial charge in [0.05, 0.1) is 0 Å². The molecule has 0 saturated heterocycles. The number of nitrogens with zero attached hydrogens (tertiary/aromatic N) is 3. The maximum atomic E-state index is 9.12. The van der Waals surface area contributed by atoms with Crippen LogP contribution in [0.2, 0.25) is 25.7 Å². The van der Waals surface area contributed by atoms with Crippen LogP contribution in [0.25, 0.3) is 11.4 Å². The summed E-state index contributed by atoms with van der Waals surface area (Å²) in [6.45, 7) is 10.3. The number of nitriles is 1. The van der Waals surface area contributed by atoms with Gasteiger partial charge < -0.3 is 9.30 Å². The molecule has 1 heterocycles. The lowest BCUT2D eigenvalue weighted by molar-refractivity contribution is 0.0882. The van der Waals surface area contributed by atoms with Crippen molar-refractivity contribution in [1.82, 2.24) is 9.55 Å². The van der Waals surface area contributed by atoms with Gasteiger partial charge in [0.2, 0.25) is 0 Å². The molecule has 0 fully saturated rings. The molecule has 2 aromatic rings. The van der Waals surface area contributed by atoms with E-state index in [1.165, 1.54) is 5.56 Å². The van der Waals surface area contributed by atoms with E-state index in [1.54, 1.807) is 6.20 Å². The molecule has 0 bridgehead atoms. The van der Waals surface area contributed by atoms with E-state index in [4.69, 9.17) is 10.00 Å². The molecule has 0 spiro atoms. The van der Waals surface area contributed by atoms with E-state index < -0.39 is 8.07 Å². The van der Waals surface area contributed by atoms with Crippen molar-refractivity contribution in [2.75, 3.05) is 6.61 Å². The summed E-state index contributed by atoms with van der Waals surface area (Å²) < 4.78 is 7.73. The van der Waals surface area contributed by atoms with Crippen LogP contribution in [-0.2, 0) is 17.9 Å². The number of benzene rings is 1. The lowest BCUT2D eigenvalue weighted by atomic mass is 10.1. The lowest BCUT2D eigenvalue weighted by Crippen LogP contribution is -2.22. The average molecular weight is 328 g/mol. The van der Waals surface area contributed by atoms with Crippen molar-refractivity contribution in [2.24, 2.45) is 0 Å². The first kappa shape index (κ1) is 17.5. The SMILES string of the molecule is CCc1ccc(-c2nc(C#N)cn2COCC[Si](C)(C)C)cc1. The zero-order valence-electron chi connectivity index (χ0n) is 14.5. The molecular weight excluding hydrogens is 302 g/mol. The van der Waals surface area contributed by atoms with Crippen molar-refractivity contribution in [3.8, 4) is 17.5 Å². The fraction of sp³-hybridized carbons (Fsp3) is 0.444. The Kier molecular flexibility index (Phi) is 5.75. The highest BCUT2D eigenvalue weighted by Gasteiger charge is 2.13. The first-order chi connectivity index (χ1) is 10.9. The van der Waals surface area contributed by atoms with Gasteiger partial charge in [-0.15, -0.1) is 0 Å². The third-order valence-corrected chi connectivity index (χ3v) is 5.44. The standard InChI is InChI=1S/C18H25N3OSi/c1-5-15-6-8-16(9-7-15)18-20-17(12-19)13-21(18)14-22-10-11-23(2,3)4/h6-9,13H,5,10-11,14H2,1-4H3. The zero-order valence-corrected chi connectivity index (χ0v) is 15.5. The van der Waals surface area contributed by atoms with Crippen molar-refractivity contribution >= 4 is 8.07 Å². The van der Waals surface area contributed by atoms with Crippen LogP contribution in [0.4, 0.5) is 0 Å². The fourth-order valence-corrected chi connectivity index (χ4v) is 2.99. The van der Waals surface area contributed by atoms with Gasteiger partial charge in [-0.1, -0.05) is 50.8 Å². The Balaban J connectivity index is 2.12. The van der Waals surface area contributed by atoms with Gasteiger partial charge in [0.25, 0.3) is 0 Å². The van der Waals surface area contributed by atoms with Crippen LogP contribution < -0.4 is 0 Å². The molecule has 1 aromatic heterocycles. The third kappa shape index (κ3) is 5.05. The zero-order chi connectivity index (χ0) is 16.9. The molecule has 0 aliphatic rings. The smallest absolute Gasteiger partial charge is 0.159 e. The monoisotopic (exact) mass is 327 g/mol. The van der Waals surface area contributed by atoms with E-state index in [1.807, 2.05) is 4.57 Å². The molecule has 23 heavy (non-hydrogen) atoms. The molecule has 2 rings (SSSR count). The molecule has 0 aliphatic carbocycles. The molecule has 1 aromatic carbocycles. The molecule has 4 nitrogen and oxygen atoms in total. The molecule has 5 heteroatoms. The second-order valence-electron chi connectivity index (χ2n) is 6.93. The van der Waals surface area contributed by atoms with Crippen LogP contribution in [0.1, 0.15) is 18.2 Å². The number of aromatic nitrogens is 2. The van der Waals surface area contributed by atoms with Crippen LogP contribution in [0.15, 0.2) is 30.5 Å². The molecule has 0 aliphatic heterocycles. The van der Waals surface area contributed by atoms with Crippen molar-refractivity contribution in [1.29, 1.82) is 5.26 Å².